The fourth-order valence-corrected chi connectivity index (χ4v) is 3.34. The quantitative estimate of drug-likeness (QED) is 0.388. The number of hydrogen-bond acceptors (Lipinski definition) is 9. The molecule has 11 heteroatoms. The number of esters is 1. The van der Waals surface area contributed by atoms with Crippen molar-refractivity contribution in [3.8, 4) is 11.5 Å². The first-order chi connectivity index (χ1) is 15.4. The van der Waals surface area contributed by atoms with Gasteiger partial charge in [0.05, 0.1) is 50.7 Å². The smallest absolute Gasteiger partial charge is 0.340 e. The van der Waals surface area contributed by atoms with Gasteiger partial charge in [-0.05, 0) is 12.1 Å². The summed E-state index contributed by atoms with van der Waals surface area (Å²) >= 11 is 0. The Labute approximate surface area is 184 Å². The molecule has 1 aliphatic rings. The average Bonchev–Trinajstić information content (AvgIpc) is 2.83. The van der Waals surface area contributed by atoms with Gasteiger partial charge in [0, 0.05) is 36.9 Å². The Morgan fingerprint density at radius 3 is 2.31 bits per heavy atom. The van der Waals surface area contributed by atoms with Crippen molar-refractivity contribution in [2.24, 2.45) is 0 Å². The van der Waals surface area contributed by atoms with Gasteiger partial charge in [0.1, 0.15) is 5.69 Å². The van der Waals surface area contributed by atoms with E-state index in [-0.39, 0.29) is 34.0 Å². The molecule has 0 aromatic heterocycles. The van der Waals surface area contributed by atoms with Crippen molar-refractivity contribution < 1.29 is 33.5 Å². The zero-order valence-electron chi connectivity index (χ0n) is 17.9. The number of hydrogen-bond donors (Lipinski definition) is 1. The van der Waals surface area contributed by atoms with E-state index in [0.717, 1.165) is 0 Å². The molecule has 0 unspecified atom stereocenters. The van der Waals surface area contributed by atoms with Crippen LogP contribution in [0.5, 0.6) is 11.5 Å². The highest BCUT2D eigenvalue weighted by molar-refractivity contribution is 6.09. The zero-order chi connectivity index (χ0) is 23.3. The van der Waals surface area contributed by atoms with E-state index in [1.807, 2.05) is 4.90 Å². The monoisotopic (exact) mass is 445 g/mol. The van der Waals surface area contributed by atoms with Crippen LogP contribution in [0.15, 0.2) is 30.3 Å². The van der Waals surface area contributed by atoms with Gasteiger partial charge in [0.15, 0.2) is 11.5 Å². The van der Waals surface area contributed by atoms with Crippen LogP contribution in [-0.2, 0) is 9.47 Å². The summed E-state index contributed by atoms with van der Waals surface area (Å²) in [6, 6.07) is 7.03. The lowest BCUT2D eigenvalue weighted by atomic mass is 10.1. The third-order valence-corrected chi connectivity index (χ3v) is 4.96. The number of nitrogens with one attached hydrogen (secondary N) is 1. The first-order valence-corrected chi connectivity index (χ1v) is 9.66. The van der Waals surface area contributed by atoms with Crippen LogP contribution in [0.25, 0.3) is 0 Å². The Balaban J connectivity index is 1.95. The number of anilines is 2. The maximum absolute atomic E-state index is 12.9. The van der Waals surface area contributed by atoms with Crippen molar-refractivity contribution in [3.63, 3.8) is 0 Å². The summed E-state index contributed by atoms with van der Waals surface area (Å²) in [6.07, 6.45) is 0. The Hall–Kier alpha value is -3.86. The number of nitro benzene ring substituents is 1. The van der Waals surface area contributed by atoms with Gasteiger partial charge in [-0.1, -0.05) is 0 Å². The second-order valence-corrected chi connectivity index (χ2v) is 6.76. The summed E-state index contributed by atoms with van der Waals surface area (Å²) in [7, 11) is 4.03. The van der Waals surface area contributed by atoms with E-state index in [4.69, 9.17) is 18.9 Å². The largest absolute Gasteiger partial charge is 0.493 e. The van der Waals surface area contributed by atoms with E-state index in [1.54, 1.807) is 0 Å². The number of nitrogens with zero attached hydrogens (tertiary/aromatic N) is 2. The third-order valence-electron chi connectivity index (χ3n) is 4.96. The summed E-state index contributed by atoms with van der Waals surface area (Å²) in [5.74, 6) is -0.783. The molecule has 1 amide bonds. The van der Waals surface area contributed by atoms with E-state index in [1.165, 1.54) is 51.7 Å². The third kappa shape index (κ3) is 4.72. The second kappa shape index (κ2) is 9.96. The average molecular weight is 445 g/mol. The predicted octanol–water partition coefficient (Wildman–Crippen LogP) is 2.49. The standard InChI is InChI=1S/C21H23N3O8/c1-29-18-11-14(21(26)31-3)15(12-19(18)30-2)22-20(25)13-4-5-16(17(10-13)24(27)28)23-6-8-32-9-7-23/h4-5,10-12H,6-9H2,1-3H3,(H,22,25). The molecule has 0 bridgehead atoms. The van der Waals surface area contributed by atoms with Crippen LogP contribution in [-0.4, -0.2) is 64.4 Å². The van der Waals surface area contributed by atoms with Crippen molar-refractivity contribution >= 4 is 28.9 Å². The molecular weight excluding hydrogens is 422 g/mol. The van der Waals surface area contributed by atoms with Gasteiger partial charge >= 0.3 is 5.97 Å². The summed E-state index contributed by atoms with van der Waals surface area (Å²) in [5.41, 5.74) is 0.424. The maximum Gasteiger partial charge on any atom is 0.340 e. The maximum atomic E-state index is 12.9. The highest BCUT2D eigenvalue weighted by Crippen LogP contribution is 2.35. The molecule has 1 fully saturated rings. The van der Waals surface area contributed by atoms with E-state index >= 15 is 0 Å². The molecule has 0 aliphatic carbocycles. The van der Waals surface area contributed by atoms with E-state index in [2.05, 4.69) is 5.32 Å². The fourth-order valence-electron chi connectivity index (χ4n) is 3.34. The minimum absolute atomic E-state index is 0.0398. The van der Waals surface area contributed by atoms with Crippen molar-refractivity contribution in [1.29, 1.82) is 0 Å². The molecule has 0 spiro atoms. The summed E-state index contributed by atoms with van der Waals surface area (Å²) in [4.78, 5) is 38.1. The van der Waals surface area contributed by atoms with Crippen LogP contribution in [0.3, 0.4) is 0 Å². The number of amides is 1. The zero-order valence-corrected chi connectivity index (χ0v) is 17.9. The lowest BCUT2D eigenvalue weighted by Crippen LogP contribution is -2.36. The van der Waals surface area contributed by atoms with Crippen molar-refractivity contribution in [2.45, 2.75) is 0 Å². The number of ether oxygens (including phenoxy) is 4. The van der Waals surface area contributed by atoms with Crippen molar-refractivity contribution in [2.75, 3.05) is 57.8 Å². The summed E-state index contributed by atoms with van der Waals surface area (Å²) in [6.45, 7) is 1.96. The first-order valence-electron chi connectivity index (χ1n) is 9.66. The number of nitro groups is 1. The summed E-state index contributed by atoms with van der Waals surface area (Å²) in [5, 5.41) is 14.3. The molecule has 1 saturated heterocycles. The SMILES string of the molecule is COC(=O)c1cc(OC)c(OC)cc1NC(=O)c1ccc(N2CCOCC2)c([N+](=O)[O-])c1. The highest BCUT2D eigenvalue weighted by atomic mass is 16.6. The molecule has 2 aromatic rings. The number of benzene rings is 2. The number of methoxy groups -OCH3 is 3. The van der Waals surface area contributed by atoms with Gasteiger partial charge in [-0.2, -0.15) is 0 Å². The van der Waals surface area contributed by atoms with Crippen LogP contribution >= 0.6 is 0 Å². The van der Waals surface area contributed by atoms with E-state index < -0.39 is 16.8 Å². The van der Waals surface area contributed by atoms with Crippen LogP contribution in [0, 0.1) is 10.1 Å². The first kappa shape index (κ1) is 22.8. The van der Waals surface area contributed by atoms with E-state index in [9.17, 15) is 19.7 Å². The van der Waals surface area contributed by atoms with E-state index in [0.29, 0.717) is 32.0 Å². The van der Waals surface area contributed by atoms with Gasteiger partial charge < -0.3 is 29.2 Å². The fraction of sp³-hybridized carbons (Fsp3) is 0.333. The number of morpholine rings is 1. The number of carbonyl (C=O) groups is 2. The Morgan fingerprint density at radius 2 is 1.72 bits per heavy atom. The minimum Gasteiger partial charge on any atom is -0.493 e. The Morgan fingerprint density at radius 1 is 1.06 bits per heavy atom. The molecule has 3 rings (SSSR count). The molecular formula is C21H23N3O8. The van der Waals surface area contributed by atoms with Crippen LogP contribution < -0.4 is 19.7 Å². The van der Waals surface area contributed by atoms with Crippen LogP contribution in [0.2, 0.25) is 0 Å². The summed E-state index contributed by atoms with van der Waals surface area (Å²) < 4.78 is 20.5. The molecule has 0 radical (unpaired) electrons. The molecule has 11 nitrogen and oxygen atoms in total. The Bertz CT molecular complexity index is 1030. The molecule has 1 heterocycles. The number of carbonyl (C=O) groups excluding carboxylic acids is 2. The number of rotatable bonds is 7. The molecule has 0 saturated carbocycles. The normalized spacial score (nSPS) is 13.3. The molecule has 170 valence electrons. The van der Waals surface area contributed by atoms with Crippen LogP contribution in [0.1, 0.15) is 20.7 Å². The molecule has 0 atom stereocenters. The van der Waals surface area contributed by atoms with Gasteiger partial charge in [0.2, 0.25) is 0 Å². The molecule has 2 aromatic carbocycles. The molecule has 1 N–H and O–H groups in total. The van der Waals surface area contributed by atoms with Crippen molar-refractivity contribution in [3.05, 3.63) is 51.6 Å². The van der Waals surface area contributed by atoms with Gasteiger partial charge in [-0.15, -0.1) is 0 Å². The highest BCUT2D eigenvalue weighted by Gasteiger charge is 2.25. The molecule has 1 aliphatic heterocycles. The molecule has 32 heavy (non-hydrogen) atoms. The topological polar surface area (TPSA) is 129 Å². The predicted molar refractivity (Wildman–Crippen MR) is 115 cm³/mol. The lowest BCUT2D eigenvalue weighted by Gasteiger charge is -2.28. The van der Waals surface area contributed by atoms with Gasteiger partial charge in [-0.25, -0.2) is 4.79 Å². The van der Waals surface area contributed by atoms with Crippen molar-refractivity contribution in [1.82, 2.24) is 0 Å². The van der Waals surface area contributed by atoms with Gasteiger partial charge in [0.25, 0.3) is 11.6 Å². The Kier molecular flexibility index (Phi) is 7.11. The second-order valence-electron chi connectivity index (χ2n) is 6.76. The lowest BCUT2D eigenvalue weighted by molar-refractivity contribution is -0.384. The minimum atomic E-state index is -0.699. The van der Waals surface area contributed by atoms with Gasteiger partial charge in [-0.3, -0.25) is 14.9 Å². The van der Waals surface area contributed by atoms with Crippen LogP contribution in [0.4, 0.5) is 17.1 Å².